The number of rotatable bonds is 4. The first-order valence-electron chi connectivity index (χ1n) is 7.24. The van der Waals surface area contributed by atoms with Gasteiger partial charge < -0.3 is 0 Å². The van der Waals surface area contributed by atoms with Gasteiger partial charge in [-0.2, -0.15) is 0 Å². The van der Waals surface area contributed by atoms with E-state index in [1.54, 1.807) is 11.3 Å². The van der Waals surface area contributed by atoms with Crippen LogP contribution in [0.15, 0.2) is 47.3 Å². The average Bonchev–Trinajstić information content (AvgIpc) is 2.48. The quantitative estimate of drug-likeness (QED) is 0.478. The molecule has 2 heteroatoms. The van der Waals surface area contributed by atoms with Crippen LogP contribution in [0.1, 0.15) is 31.7 Å². The first-order valence-corrected chi connectivity index (χ1v) is 8.05. The first-order chi connectivity index (χ1) is 9.79. The molecule has 0 atom stereocenters. The van der Waals surface area contributed by atoms with Crippen LogP contribution in [-0.4, -0.2) is 0 Å². The van der Waals surface area contributed by atoms with Crippen LogP contribution < -0.4 is 5.43 Å². The second kappa shape index (κ2) is 5.76. The Bertz CT molecular complexity index is 801. The fourth-order valence-corrected chi connectivity index (χ4v) is 3.64. The van der Waals surface area contributed by atoms with Crippen molar-refractivity contribution < 1.29 is 0 Å². The highest BCUT2D eigenvalue weighted by atomic mass is 32.1. The van der Waals surface area contributed by atoms with E-state index >= 15 is 0 Å². The number of fused-ring (bicyclic) bond motifs is 2. The molecule has 1 aromatic heterocycles. The summed E-state index contributed by atoms with van der Waals surface area (Å²) < 4.78 is 2.16. The minimum atomic E-state index is 0.173. The van der Waals surface area contributed by atoms with Crippen molar-refractivity contribution in [2.24, 2.45) is 0 Å². The SMILES string of the molecule is CCCCCc1ccc2sc3ccccc3c(=O)c2c1. The molecule has 0 spiro atoms. The molecule has 0 aliphatic rings. The van der Waals surface area contributed by atoms with Gasteiger partial charge in [0.1, 0.15) is 0 Å². The Morgan fingerprint density at radius 2 is 1.75 bits per heavy atom. The third-order valence-electron chi connectivity index (χ3n) is 3.71. The smallest absolute Gasteiger partial charge is 0.195 e. The molecule has 3 aromatic rings. The van der Waals surface area contributed by atoms with Gasteiger partial charge in [-0.1, -0.05) is 38.0 Å². The number of hydrogen-bond donors (Lipinski definition) is 0. The van der Waals surface area contributed by atoms with E-state index < -0.39 is 0 Å². The van der Waals surface area contributed by atoms with Gasteiger partial charge in [0.2, 0.25) is 0 Å². The zero-order valence-electron chi connectivity index (χ0n) is 11.7. The highest BCUT2D eigenvalue weighted by Gasteiger charge is 2.06. The van der Waals surface area contributed by atoms with Crippen LogP contribution in [0.5, 0.6) is 0 Å². The van der Waals surface area contributed by atoms with Gasteiger partial charge in [0, 0.05) is 20.2 Å². The van der Waals surface area contributed by atoms with Crippen LogP contribution >= 0.6 is 11.3 Å². The highest BCUT2D eigenvalue weighted by molar-refractivity contribution is 7.24. The van der Waals surface area contributed by atoms with Crippen molar-refractivity contribution in [3.05, 3.63) is 58.3 Å². The van der Waals surface area contributed by atoms with Crippen LogP contribution in [0.2, 0.25) is 0 Å². The Labute approximate surface area is 122 Å². The summed E-state index contributed by atoms with van der Waals surface area (Å²) in [6, 6.07) is 14.2. The van der Waals surface area contributed by atoms with Gasteiger partial charge in [0.25, 0.3) is 0 Å². The molecule has 0 saturated carbocycles. The average molecular weight is 282 g/mol. The fourth-order valence-electron chi connectivity index (χ4n) is 2.58. The minimum absolute atomic E-state index is 0.173. The van der Waals surface area contributed by atoms with Crippen molar-refractivity contribution in [2.45, 2.75) is 32.6 Å². The van der Waals surface area contributed by atoms with E-state index in [1.165, 1.54) is 24.8 Å². The Morgan fingerprint density at radius 3 is 2.60 bits per heavy atom. The standard InChI is InChI=1S/C18H18OS/c1-2-3-4-7-13-10-11-17-15(12-13)18(19)14-8-5-6-9-16(14)20-17/h5-6,8-12H,2-4,7H2,1H3. The molecule has 0 aliphatic carbocycles. The lowest BCUT2D eigenvalue weighted by molar-refractivity contribution is 0.718. The summed E-state index contributed by atoms with van der Waals surface area (Å²) in [4.78, 5) is 12.6. The van der Waals surface area contributed by atoms with Crippen LogP contribution in [0, 0.1) is 0 Å². The summed E-state index contributed by atoms with van der Waals surface area (Å²) in [6.07, 6.45) is 4.75. The molecule has 0 unspecified atom stereocenters. The molecule has 0 N–H and O–H groups in total. The topological polar surface area (TPSA) is 17.1 Å². The minimum Gasteiger partial charge on any atom is -0.289 e. The van der Waals surface area contributed by atoms with Crippen LogP contribution in [0.3, 0.4) is 0 Å². The maximum Gasteiger partial charge on any atom is 0.195 e. The zero-order chi connectivity index (χ0) is 13.9. The molecular weight excluding hydrogens is 264 g/mol. The predicted molar refractivity (Wildman–Crippen MR) is 88.8 cm³/mol. The van der Waals surface area contributed by atoms with E-state index in [9.17, 15) is 4.79 Å². The summed E-state index contributed by atoms with van der Waals surface area (Å²) in [5, 5.41) is 1.72. The Morgan fingerprint density at radius 1 is 0.950 bits per heavy atom. The second-order valence-electron chi connectivity index (χ2n) is 5.21. The van der Waals surface area contributed by atoms with Crippen LogP contribution in [-0.2, 0) is 6.42 Å². The Kier molecular flexibility index (Phi) is 3.83. The largest absolute Gasteiger partial charge is 0.289 e. The van der Waals surface area contributed by atoms with E-state index in [0.717, 1.165) is 26.6 Å². The van der Waals surface area contributed by atoms with Crippen molar-refractivity contribution in [3.8, 4) is 0 Å². The van der Waals surface area contributed by atoms with Gasteiger partial charge in [0.05, 0.1) is 0 Å². The Balaban J connectivity index is 2.11. The van der Waals surface area contributed by atoms with Crippen molar-refractivity contribution >= 4 is 31.5 Å². The van der Waals surface area contributed by atoms with Gasteiger partial charge in [-0.15, -0.1) is 11.3 Å². The second-order valence-corrected chi connectivity index (χ2v) is 6.30. The molecule has 0 aliphatic heterocycles. The molecule has 0 saturated heterocycles. The van der Waals surface area contributed by atoms with Crippen LogP contribution in [0.4, 0.5) is 0 Å². The zero-order valence-corrected chi connectivity index (χ0v) is 12.5. The molecule has 0 bridgehead atoms. The highest BCUT2D eigenvalue weighted by Crippen LogP contribution is 2.25. The van der Waals surface area contributed by atoms with E-state index in [-0.39, 0.29) is 5.43 Å². The maximum atomic E-state index is 12.6. The molecule has 2 aromatic carbocycles. The Hall–Kier alpha value is -1.67. The monoisotopic (exact) mass is 282 g/mol. The normalized spacial score (nSPS) is 11.2. The first kappa shape index (κ1) is 13.3. The molecule has 102 valence electrons. The van der Waals surface area contributed by atoms with Gasteiger partial charge in [-0.05, 0) is 42.7 Å². The van der Waals surface area contributed by atoms with Gasteiger partial charge >= 0.3 is 0 Å². The van der Waals surface area contributed by atoms with Crippen molar-refractivity contribution in [1.29, 1.82) is 0 Å². The van der Waals surface area contributed by atoms with E-state index in [0.29, 0.717) is 0 Å². The van der Waals surface area contributed by atoms with Crippen molar-refractivity contribution in [1.82, 2.24) is 0 Å². The van der Waals surface area contributed by atoms with E-state index in [1.807, 2.05) is 24.3 Å². The molecule has 1 heterocycles. The van der Waals surface area contributed by atoms with E-state index in [2.05, 4.69) is 25.1 Å². The lowest BCUT2D eigenvalue weighted by atomic mass is 10.0. The number of unbranched alkanes of at least 4 members (excludes halogenated alkanes) is 2. The van der Waals surface area contributed by atoms with Crippen LogP contribution in [0.25, 0.3) is 20.2 Å². The van der Waals surface area contributed by atoms with Gasteiger partial charge in [-0.3, -0.25) is 4.79 Å². The molecule has 20 heavy (non-hydrogen) atoms. The molecular formula is C18H18OS. The predicted octanol–water partition coefficient (Wildman–Crippen LogP) is 5.15. The summed E-state index contributed by atoms with van der Waals surface area (Å²) in [5.41, 5.74) is 1.46. The lowest BCUT2D eigenvalue weighted by Crippen LogP contribution is -2.01. The van der Waals surface area contributed by atoms with Crippen molar-refractivity contribution in [2.75, 3.05) is 0 Å². The summed E-state index contributed by atoms with van der Waals surface area (Å²) in [5.74, 6) is 0. The number of benzene rings is 2. The third kappa shape index (κ3) is 2.48. The summed E-state index contributed by atoms with van der Waals surface area (Å²) in [7, 11) is 0. The summed E-state index contributed by atoms with van der Waals surface area (Å²) >= 11 is 1.70. The number of hydrogen-bond acceptors (Lipinski definition) is 2. The molecule has 3 rings (SSSR count). The summed E-state index contributed by atoms with van der Waals surface area (Å²) in [6.45, 7) is 2.21. The van der Waals surface area contributed by atoms with Crippen molar-refractivity contribution in [3.63, 3.8) is 0 Å². The molecule has 0 radical (unpaired) electrons. The molecule has 1 nitrogen and oxygen atoms in total. The fraction of sp³-hybridized carbons (Fsp3) is 0.278. The lowest BCUT2D eigenvalue weighted by Gasteiger charge is -2.04. The maximum absolute atomic E-state index is 12.6. The molecule has 0 amide bonds. The molecule has 0 fully saturated rings. The van der Waals surface area contributed by atoms with Gasteiger partial charge in [-0.25, -0.2) is 0 Å². The number of aryl methyl sites for hydroxylation is 1. The van der Waals surface area contributed by atoms with Gasteiger partial charge in [0.15, 0.2) is 5.43 Å². The van der Waals surface area contributed by atoms with E-state index in [4.69, 9.17) is 0 Å². The third-order valence-corrected chi connectivity index (χ3v) is 4.86.